The quantitative estimate of drug-likeness (QED) is 0.604. The Hall–Kier alpha value is -3.10. The first-order valence-electron chi connectivity index (χ1n) is 9.42. The lowest BCUT2D eigenvalue weighted by Crippen LogP contribution is -2.26. The SMILES string of the molecule is COc1cc2nccc(Oc3ccc(NN4CCCC4)c(Cl)c3F)c2cc1C(N)=O. The van der Waals surface area contributed by atoms with E-state index in [1.54, 1.807) is 18.2 Å². The van der Waals surface area contributed by atoms with Crippen LogP contribution in [0.1, 0.15) is 23.2 Å². The van der Waals surface area contributed by atoms with Crippen molar-refractivity contribution in [2.45, 2.75) is 12.8 Å². The fourth-order valence-electron chi connectivity index (χ4n) is 3.41. The zero-order chi connectivity index (χ0) is 21.3. The molecule has 1 fully saturated rings. The number of hydrogen-bond acceptors (Lipinski definition) is 6. The van der Waals surface area contributed by atoms with Crippen molar-refractivity contribution in [1.82, 2.24) is 9.99 Å². The van der Waals surface area contributed by atoms with E-state index in [4.69, 9.17) is 26.8 Å². The summed E-state index contributed by atoms with van der Waals surface area (Å²) in [5.74, 6) is -0.785. The van der Waals surface area contributed by atoms with E-state index in [2.05, 4.69) is 10.4 Å². The number of amides is 1. The third-order valence-corrected chi connectivity index (χ3v) is 5.31. The minimum atomic E-state index is -0.686. The minimum absolute atomic E-state index is 0.0454. The molecule has 0 unspecified atom stereocenters. The zero-order valence-corrected chi connectivity index (χ0v) is 17.0. The number of nitrogens with zero attached hydrogens (tertiary/aromatic N) is 2. The van der Waals surface area contributed by atoms with Gasteiger partial charge in [0.25, 0.3) is 5.91 Å². The molecule has 1 aliphatic heterocycles. The van der Waals surface area contributed by atoms with Gasteiger partial charge in [-0.2, -0.15) is 0 Å². The number of carbonyl (C=O) groups is 1. The fraction of sp³-hybridized carbons (Fsp3) is 0.238. The highest BCUT2D eigenvalue weighted by Gasteiger charge is 2.19. The highest BCUT2D eigenvalue weighted by Crippen LogP contribution is 2.37. The van der Waals surface area contributed by atoms with Crippen molar-refractivity contribution in [3.63, 3.8) is 0 Å². The van der Waals surface area contributed by atoms with Crippen LogP contribution in [0.3, 0.4) is 0 Å². The molecule has 4 rings (SSSR count). The molecule has 1 saturated heterocycles. The smallest absolute Gasteiger partial charge is 0.252 e. The van der Waals surface area contributed by atoms with Crippen molar-refractivity contribution in [1.29, 1.82) is 0 Å². The number of primary amides is 1. The van der Waals surface area contributed by atoms with E-state index in [1.807, 2.05) is 5.01 Å². The van der Waals surface area contributed by atoms with Gasteiger partial charge in [-0.1, -0.05) is 11.6 Å². The number of hydrazine groups is 1. The van der Waals surface area contributed by atoms with Crippen LogP contribution in [-0.4, -0.2) is 36.1 Å². The fourth-order valence-corrected chi connectivity index (χ4v) is 3.61. The number of aromatic nitrogens is 1. The predicted molar refractivity (Wildman–Crippen MR) is 113 cm³/mol. The lowest BCUT2D eigenvalue weighted by molar-refractivity contribution is 0.0997. The van der Waals surface area contributed by atoms with Gasteiger partial charge in [0.2, 0.25) is 0 Å². The Labute approximate surface area is 177 Å². The van der Waals surface area contributed by atoms with Crippen LogP contribution in [0.15, 0.2) is 36.5 Å². The van der Waals surface area contributed by atoms with Crippen LogP contribution in [0.4, 0.5) is 10.1 Å². The second-order valence-electron chi connectivity index (χ2n) is 6.89. The number of hydrogen-bond donors (Lipinski definition) is 2. The van der Waals surface area contributed by atoms with Crippen LogP contribution in [0.5, 0.6) is 17.2 Å². The lowest BCUT2D eigenvalue weighted by Gasteiger charge is -2.19. The van der Waals surface area contributed by atoms with E-state index in [-0.39, 0.29) is 16.3 Å². The lowest BCUT2D eigenvalue weighted by atomic mass is 10.1. The maximum absolute atomic E-state index is 14.9. The summed E-state index contributed by atoms with van der Waals surface area (Å²) in [7, 11) is 1.43. The Morgan fingerprint density at radius 2 is 1.97 bits per heavy atom. The number of fused-ring (bicyclic) bond motifs is 1. The number of methoxy groups -OCH3 is 1. The van der Waals surface area contributed by atoms with Gasteiger partial charge in [0.15, 0.2) is 11.6 Å². The highest BCUT2D eigenvalue weighted by molar-refractivity contribution is 6.33. The first kappa shape index (κ1) is 20.2. The monoisotopic (exact) mass is 430 g/mol. The zero-order valence-electron chi connectivity index (χ0n) is 16.2. The van der Waals surface area contributed by atoms with E-state index in [0.29, 0.717) is 28.1 Å². The number of nitrogens with one attached hydrogen (secondary N) is 1. The molecular weight excluding hydrogens is 411 g/mol. The number of ether oxygens (including phenoxy) is 2. The molecule has 3 N–H and O–H groups in total. The summed E-state index contributed by atoms with van der Waals surface area (Å²) in [5, 5.41) is 2.43. The van der Waals surface area contributed by atoms with E-state index < -0.39 is 11.7 Å². The number of benzene rings is 2. The maximum atomic E-state index is 14.9. The third-order valence-electron chi connectivity index (χ3n) is 4.94. The molecule has 7 nitrogen and oxygen atoms in total. The molecule has 3 aromatic rings. The maximum Gasteiger partial charge on any atom is 0.252 e. The van der Waals surface area contributed by atoms with Gasteiger partial charge in [0.1, 0.15) is 16.5 Å². The summed E-state index contributed by atoms with van der Waals surface area (Å²) in [5.41, 5.74) is 9.73. The summed E-state index contributed by atoms with van der Waals surface area (Å²) in [6.45, 7) is 1.76. The molecule has 0 spiro atoms. The highest BCUT2D eigenvalue weighted by atomic mass is 35.5. The molecule has 2 heterocycles. The van der Waals surface area contributed by atoms with Crippen LogP contribution in [0.25, 0.3) is 10.9 Å². The van der Waals surface area contributed by atoms with E-state index in [9.17, 15) is 9.18 Å². The average Bonchev–Trinajstić information content (AvgIpc) is 3.25. The van der Waals surface area contributed by atoms with Crippen LogP contribution in [0, 0.1) is 5.82 Å². The van der Waals surface area contributed by atoms with Crippen molar-refractivity contribution < 1.29 is 18.7 Å². The third kappa shape index (κ3) is 3.83. The van der Waals surface area contributed by atoms with Crippen molar-refractivity contribution in [3.05, 3.63) is 52.9 Å². The van der Waals surface area contributed by atoms with Crippen LogP contribution in [0.2, 0.25) is 5.02 Å². The summed E-state index contributed by atoms with van der Waals surface area (Å²) in [4.78, 5) is 16.0. The Kier molecular flexibility index (Phi) is 5.61. The molecule has 30 heavy (non-hydrogen) atoms. The van der Waals surface area contributed by atoms with Gasteiger partial charge < -0.3 is 20.6 Å². The molecule has 0 atom stereocenters. The molecule has 1 amide bonds. The molecule has 9 heteroatoms. The van der Waals surface area contributed by atoms with Crippen molar-refractivity contribution >= 4 is 34.1 Å². The van der Waals surface area contributed by atoms with Crippen molar-refractivity contribution in [3.8, 4) is 17.2 Å². The Morgan fingerprint density at radius 1 is 1.20 bits per heavy atom. The van der Waals surface area contributed by atoms with Gasteiger partial charge in [0, 0.05) is 30.7 Å². The topological polar surface area (TPSA) is 89.7 Å². The minimum Gasteiger partial charge on any atom is -0.496 e. The molecule has 1 aromatic heterocycles. The first-order chi connectivity index (χ1) is 14.5. The molecule has 0 radical (unpaired) electrons. The Balaban J connectivity index is 1.69. The summed E-state index contributed by atoms with van der Waals surface area (Å²) >= 11 is 6.23. The standard InChI is InChI=1S/C21H20ClFN4O3/c1-29-18-11-15-12(10-13(18)21(24)28)16(6-7-25-15)30-17-5-4-14(19(22)20(17)23)26-27-8-2-3-9-27/h4-7,10-11,26H,2-3,8-9H2,1H3,(H2,24,28). The number of pyridine rings is 1. The largest absolute Gasteiger partial charge is 0.496 e. The second-order valence-corrected chi connectivity index (χ2v) is 7.27. The normalized spacial score (nSPS) is 14.1. The molecule has 0 bridgehead atoms. The van der Waals surface area contributed by atoms with Gasteiger partial charge in [-0.05, 0) is 37.1 Å². The first-order valence-corrected chi connectivity index (χ1v) is 9.79. The molecule has 0 aliphatic carbocycles. The second kappa shape index (κ2) is 8.33. The van der Waals surface area contributed by atoms with Gasteiger partial charge in [-0.3, -0.25) is 9.78 Å². The summed E-state index contributed by atoms with van der Waals surface area (Å²) in [6.07, 6.45) is 3.69. The number of nitrogens with two attached hydrogens (primary N) is 1. The van der Waals surface area contributed by atoms with E-state index in [1.165, 1.54) is 25.4 Å². The van der Waals surface area contributed by atoms with Crippen LogP contribution < -0.4 is 20.6 Å². The van der Waals surface area contributed by atoms with Crippen molar-refractivity contribution in [2.75, 3.05) is 25.6 Å². The number of rotatable bonds is 6. The van der Waals surface area contributed by atoms with Crippen LogP contribution in [-0.2, 0) is 0 Å². The Morgan fingerprint density at radius 3 is 2.67 bits per heavy atom. The van der Waals surface area contributed by atoms with Gasteiger partial charge in [0.05, 0.1) is 23.9 Å². The predicted octanol–water partition coefficient (Wildman–Crippen LogP) is 4.35. The van der Waals surface area contributed by atoms with Gasteiger partial charge in [-0.25, -0.2) is 9.40 Å². The summed E-state index contributed by atoms with van der Waals surface area (Å²) in [6, 6.07) is 7.84. The number of anilines is 1. The van der Waals surface area contributed by atoms with Gasteiger partial charge in [-0.15, -0.1) is 0 Å². The molecule has 156 valence electrons. The Bertz CT molecular complexity index is 1120. The molecule has 2 aromatic carbocycles. The molecule has 0 saturated carbocycles. The van der Waals surface area contributed by atoms with Gasteiger partial charge >= 0.3 is 0 Å². The summed E-state index contributed by atoms with van der Waals surface area (Å²) < 4.78 is 25.9. The number of halogens is 2. The van der Waals surface area contributed by atoms with E-state index >= 15 is 0 Å². The van der Waals surface area contributed by atoms with E-state index in [0.717, 1.165) is 25.9 Å². The number of carbonyl (C=O) groups excluding carboxylic acids is 1. The molecule has 1 aliphatic rings. The average molecular weight is 431 g/mol. The van der Waals surface area contributed by atoms with Crippen LogP contribution >= 0.6 is 11.6 Å². The van der Waals surface area contributed by atoms with Crippen molar-refractivity contribution in [2.24, 2.45) is 5.73 Å². The molecular formula is C21H20ClFN4O3.